The Morgan fingerprint density at radius 2 is 1.69 bits per heavy atom. The highest BCUT2D eigenvalue weighted by molar-refractivity contribution is 6.31. The largest absolute Gasteiger partial charge is 0.479 e. The summed E-state index contributed by atoms with van der Waals surface area (Å²) in [4.78, 5) is 34.0. The fraction of sp³-hybridized carbons (Fsp3) is 0.259. The van der Waals surface area contributed by atoms with Crippen LogP contribution in [0.3, 0.4) is 0 Å². The molecule has 36 heavy (non-hydrogen) atoms. The second kappa shape index (κ2) is 12.0. The normalized spacial score (nSPS) is 11.4. The van der Waals surface area contributed by atoms with Gasteiger partial charge in [0.1, 0.15) is 11.3 Å². The zero-order chi connectivity index (χ0) is 26.4. The van der Waals surface area contributed by atoms with Gasteiger partial charge >= 0.3 is 5.97 Å². The number of fused-ring (bicyclic) bond motifs is 1. The van der Waals surface area contributed by atoms with Gasteiger partial charge in [-0.1, -0.05) is 37.0 Å². The highest BCUT2D eigenvalue weighted by Crippen LogP contribution is 2.29. The maximum Gasteiger partial charge on any atom is 0.346 e. The quantitative estimate of drug-likeness (QED) is 0.207. The average molecular weight is 528 g/mol. The lowest BCUT2D eigenvalue weighted by molar-refractivity contribution is -0.147. The molecule has 0 aliphatic carbocycles. The number of carbonyl (C=O) groups excluding carboxylic acids is 2. The van der Waals surface area contributed by atoms with Crippen molar-refractivity contribution in [2.24, 2.45) is 0 Å². The molecule has 0 bridgehead atoms. The standard InChI is InChI=1S/C25H21Cl2N3O4.C2H6/c1-14-21(23(31)16-4-6-18(26)7-5-16)22-24(29-11-10-28-22)30(14)13-17-12-19(8-9-20(17)27)34-15(2)25(32)33-3;1-2/h4-12,15H,13H2,1-3H3;1-2H3. The van der Waals surface area contributed by atoms with Crippen LogP contribution in [0.15, 0.2) is 54.9 Å². The van der Waals surface area contributed by atoms with Crippen molar-refractivity contribution in [1.82, 2.24) is 14.5 Å². The fourth-order valence-electron chi connectivity index (χ4n) is 3.71. The molecule has 0 aliphatic rings. The molecule has 1 atom stereocenters. The van der Waals surface area contributed by atoms with Gasteiger partial charge in [0.15, 0.2) is 17.5 Å². The smallest absolute Gasteiger partial charge is 0.346 e. The summed E-state index contributed by atoms with van der Waals surface area (Å²) in [6.45, 7) is 7.77. The highest BCUT2D eigenvalue weighted by atomic mass is 35.5. The zero-order valence-corrected chi connectivity index (χ0v) is 22.2. The molecule has 0 N–H and O–H groups in total. The van der Waals surface area contributed by atoms with Gasteiger partial charge in [-0.25, -0.2) is 9.78 Å². The third kappa shape index (κ3) is 5.69. The van der Waals surface area contributed by atoms with Crippen molar-refractivity contribution in [2.75, 3.05) is 7.11 Å². The summed E-state index contributed by atoms with van der Waals surface area (Å²) in [5, 5.41) is 1.06. The van der Waals surface area contributed by atoms with Crippen LogP contribution in [0.25, 0.3) is 11.2 Å². The molecule has 0 amide bonds. The molecule has 4 aromatic rings. The number of nitrogens with zero attached hydrogens (tertiary/aromatic N) is 3. The van der Waals surface area contributed by atoms with Gasteiger partial charge in [0.05, 0.1) is 19.2 Å². The number of methoxy groups -OCH3 is 1. The number of ketones is 1. The molecule has 2 aromatic carbocycles. The predicted octanol–water partition coefficient (Wildman–Crippen LogP) is 6.29. The van der Waals surface area contributed by atoms with Gasteiger partial charge in [-0.05, 0) is 61.9 Å². The fourth-order valence-corrected chi connectivity index (χ4v) is 4.02. The summed E-state index contributed by atoms with van der Waals surface area (Å²) in [6, 6.07) is 11.9. The highest BCUT2D eigenvalue weighted by Gasteiger charge is 2.24. The van der Waals surface area contributed by atoms with E-state index in [-0.39, 0.29) is 5.78 Å². The number of ether oxygens (including phenoxy) is 2. The first kappa shape index (κ1) is 27.2. The summed E-state index contributed by atoms with van der Waals surface area (Å²) in [7, 11) is 1.30. The maximum absolute atomic E-state index is 13.4. The van der Waals surface area contributed by atoms with Gasteiger partial charge in [0.2, 0.25) is 0 Å². The summed E-state index contributed by atoms with van der Waals surface area (Å²) in [5.41, 5.74) is 3.46. The molecule has 2 heterocycles. The Balaban J connectivity index is 0.00000176. The molecule has 7 nitrogen and oxygen atoms in total. The number of halogens is 2. The Bertz CT molecular complexity index is 1380. The van der Waals surface area contributed by atoms with Crippen LogP contribution in [0, 0.1) is 6.92 Å². The Labute approximate surface area is 220 Å². The summed E-state index contributed by atoms with van der Waals surface area (Å²) < 4.78 is 12.3. The minimum absolute atomic E-state index is 0.173. The van der Waals surface area contributed by atoms with Crippen LogP contribution in [-0.4, -0.2) is 39.5 Å². The minimum Gasteiger partial charge on any atom is -0.479 e. The van der Waals surface area contributed by atoms with Gasteiger partial charge in [-0.15, -0.1) is 0 Å². The lowest BCUT2D eigenvalue weighted by atomic mass is 10.0. The number of rotatable bonds is 7. The van der Waals surface area contributed by atoms with E-state index in [9.17, 15) is 9.59 Å². The lowest BCUT2D eigenvalue weighted by Crippen LogP contribution is -2.24. The van der Waals surface area contributed by atoms with Gasteiger partial charge in [-0.3, -0.25) is 9.78 Å². The van der Waals surface area contributed by atoms with Crippen molar-refractivity contribution in [3.8, 4) is 5.75 Å². The van der Waals surface area contributed by atoms with Gasteiger partial charge in [0.25, 0.3) is 0 Å². The van der Waals surface area contributed by atoms with Crippen LogP contribution in [-0.2, 0) is 16.1 Å². The van der Waals surface area contributed by atoms with E-state index in [1.807, 2.05) is 25.3 Å². The number of carbonyl (C=O) groups is 2. The Kier molecular flexibility index (Phi) is 9.07. The molecule has 9 heteroatoms. The monoisotopic (exact) mass is 527 g/mol. The molecule has 0 fully saturated rings. The summed E-state index contributed by atoms with van der Waals surface area (Å²) >= 11 is 12.5. The van der Waals surface area contributed by atoms with Crippen molar-refractivity contribution in [2.45, 2.75) is 40.3 Å². The van der Waals surface area contributed by atoms with Crippen molar-refractivity contribution in [3.63, 3.8) is 0 Å². The number of aromatic nitrogens is 3. The van der Waals surface area contributed by atoms with E-state index in [0.29, 0.717) is 50.3 Å². The van der Waals surface area contributed by atoms with E-state index < -0.39 is 12.1 Å². The van der Waals surface area contributed by atoms with Crippen LogP contribution in [0.1, 0.15) is 48.0 Å². The molecule has 2 aromatic heterocycles. The molecule has 1 unspecified atom stereocenters. The lowest BCUT2D eigenvalue weighted by Gasteiger charge is -2.15. The molecule has 0 saturated heterocycles. The Hall–Kier alpha value is -3.42. The first-order valence-electron chi connectivity index (χ1n) is 11.4. The number of hydrogen-bond acceptors (Lipinski definition) is 6. The second-order valence-electron chi connectivity index (χ2n) is 7.65. The van der Waals surface area contributed by atoms with Gasteiger partial charge in [0, 0.05) is 33.7 Å². The van der Waals surface area contributed by atoms with Gasteiger partial charge < -0.3 is 14.0 Å². The van der Waals surface area contributed by atoms with Crippen molar-refractivity contribution < 1.29 is 19.1 Å². The summed E-state index contributed by atoms with van der Waals surface area (Å²) in [6.07, 6.45) is 2.36. The third-order valence-electron chi connectivity index (χ3n) is 5.46. The third-order valence-corrected chi connectivity index (χ3v) is 6.08. The van der Waals surface area contributed by atoms with E-state index in [1.165, 1.54) is 7.11 Å². The van der Waals surface area contributed by atoms with Crippen molar-refractivity contribution in [3.05, 3.63) is 87.3 Å². The molecule has 0 aliphatic heterocycles. The SMILES string of the molecule is CC.COC(=O)C(C)Oc1ccc(Cl)c(Cn2c(C)c(C(=O)c3ccc(Cl)cc3)c3nccnc32)c1. The van der Waals surface area contributed by atoms with E-state index >= 15 is 0 Å². The van der Waals surface area contributed by atoms with Gasteiger partial charge in [-0.2, -0.15) is 0 Å². The van der Waals surface area contributed by atoms with Crippen LogP contribution in [0.4, 0.5) is 0 Å². The van der Waals surface area contributed by atoms with E-state index in [2.05, 4.69) is 9.97 Å². The topological polar surface area (TPSA) is 83.3 Å². The van der Waals surface area contributed by atoms with E-state index in [1.54, 1.807) is 61.8 Å². The maximum atomic E-state index is 13.4. The molecule has 188 valence electrons. The Morgan fingerprint density at radius 3 is 2.36 bits per heavy atom. The molecule has 4 rings (SSSR count). The Morgan fingerprint density at radius 1 is 1.03 bits per heavy atom. The molecule has 0 spiro atoms. The van der Waals surface area contributed by atoms with Crippen molar-refractivity contribution in [1.29, 1.82) is 0 Å². The molecular weight excluding hydrogens is 501 g/mol. The minimum atomic E-state index is -0.775. The number of hydrogen-bond donors (Lipinski definition) is 0. The predicted molar refractivity (Wildman–Crippen MR) is 141 cm³/mol. The van der Waals surface area contributed by atoms with Crippen LogP contribution in [0.2, 0.25) is 10.0 Å². The zero-order valence-electron chi connectivity index (χ0n) is 20.7. The number of esters is 1. The average Bonchev–Trinajstić information content (AvgIpc) is 3.17. The molecule has 0 radical (unpaired) electrons. The first-order valence-corrected chi connectivity index (χ1v) is 12.2. The van der Waals surface area contributed by atoms with Crippen molar-refractivity contribution >= 4 is 46.1 Å². The van der Waals surface area contributed by atoms with E-state index in [0.717, 1.165) is 5.56 Å². The first-order chi connectivity index (χ1) is 17.3. The second-order valence-corrected chi connectivity index (χ2v) is 8.49. The number of benzene rings is 2. The summed E-state index contributed by atoms with van der Waals surface area (Å²) in [5.74, 6) is -0.187. The van der Waals surface area contributed by atoms with Crippen LogP contribution in [0.5, 0.6) is 5.75 Å². The molecular formula is C27H27Cl2N3O4. The van der Waals surface area contributed by atoms with E-state index in [4.69, 9.17) is 32.7 Å². The van der Waals surface area contributed by atoms with Crippen LogP contribution < -0.4 is 4.74 Å². The van der Waals surface area contributed by atoms with Crippen LogP contribution >= 0.6 is 23.2 Å². The molecule has 0 saturated carbocycles.